The predicted molar refractivity (Wildman–Crippen MR) is 157 cm³/mol. The van der Waals surface area contributed by atoms with Gasteiger partial charge in [0, 0.05) is 65.5 Å². The maximum Gasteiger partial charge on any atom is 0.358 e. The first-order valence-electron chi connectivity index (χ1n) is 13.7. The monoisotopic (exact) mass is 564 g/mol. The van der Waals surface area contributed by atoms with E-state index in [1.807, 2.05) is 52.1 Å². The van der Waals surface area contributed by atoms with Crippen LogP contribution < -0.4 is 15.5 Å². The fourth-order valence-electron chi connectivity index (χ4n) is 5.83. The van der Waals surface area contributed by atoms with Crippen molar-refractivity contribution in [1.29, 1.82) is 0 Å². The fraction of sp³-hybridized carbons (Fsp3) is 0.419. The Labute approximate surface area is 240 Å². The van der Waals surface area contributed by atoms with E-state index in [0.29, 0.717) is 34.7 Å². The highest BCUT2D eigenvalue weighted by Gasteiger charge is 2.49. The van der Waals surface area contributed by atoms with Gasteiger partial charge in [-0.3, -0.25) is 9.59 Å². The van der Waals surface area contributed by atoms with Gasteiger partial charge in [-0.15, -0.1) is 0 Å². The molecule has 1 aromatic heterocycles. The summed E-state index contributed by atoms with van der Waals surface area (Å²) in [6, 6.07) is 7.57. The zero-order valence-corrected chi connectivity index (χ0v) is 24.5. The minimum atomic E-state index is -0.617. The first-order valence-corrected chi connectivity index (χ1v) is 14.1. The number of halogens is 1. The molecular formula is C31H37ClN4O4. The van der Waals surface area contributed by atoms with Crippen LogP contribution in [0.1, 0.15) is 78.4 Å². The quantitative estimate of drug-likeness (QED) is 0.186. The van der Waals surface area contributed by atoms with E-state index in [9.17, 15) is 14.4 Å². The van der Waals surface area contributed by atoms with Gasteiger partial charge in [-0.1, -0.05) is 17.7 Å². The van der Waals surface area contributed by atoms with Crippen LogP contribution in [0.2, 0.25) is 5.02 Å². The van der Waals surface area contributed by atoms with E-state index in [1.54, 1.807) is 12.3 Å². The van der Waals surface area contributed by atoms with Crippen LogP contribution in [-0.4, -0.2) is 49.3 Å². The standard InChI is InChI=1S/C31H37ClN4O4/c1-6-36(24-9-11-31(12-10-24)26-8-7-13-34-28(26)30(39)40-31)27-16-23(32)15-25(21(27)4)29(38)35-17-22(18-37)19(2)14-20(3)33-5/h7-8,13-16,18,24,33H,6,9-12,17H2,1-5H3,(H,35,38)/b20-14-,22-19-. The number of aldehydes is 1. The lowest BCUT2D eigenvalue weighted by Gasteiger charge is -2.42. The van der Waals surface area contributed by atoms with Crippen LogP contribution in [0.4, 0.5) is 5.69 Å². The summed E-state index contributed by atoms with van der Waals surface area (Å²) in [4.78, 5) is 44.0. The molecule has 0 atom stereocenters. The van der Waals surface area contributed by atoms with Crippen molar-refractivity contribution in [3.63, 3.8) is 0 Å². The molecule has 0 unspecified atom stereocenters. The smallest absolute Gasteiger partial charge is 0.358 e. The number of anilines is 1. The van der Waals surface area contributed by atoms with Crippen LogP contribution in [0.5, 0.6) is 0 Å². The Morgan fingerprint density at radius 3 is 2.65 bits per heavy atom. The number of allylic oxidation sites excluding steroid dienone is 3. The fourth-order valence-corrected chi connectivity index (χ4v) is 6.04. The molecule has 1 spiro atoms. The number of esters is 1. The summed E-state index contributed by atoms with van der Waals surface area (Å²) in [5.74, 6) is -0.637. The Hall–Kier alpha value is -3.65. The van der Waals surface area contributed by atoms with Gasteiger partial charge in [-0.05, 0) is 88.8 Å². The second-order valence-electron chi connectivity index (χ2n) is 10.5. The third-order valence-corrected chi connectivity index (χ3v) is 8.36. The van der Waals surface area contributed by atoms with Crippen molar-refractivity contribution < 1.29 is 19.1 Å². The number of carbonyl (C=O) groups is 3. The van der Waals surface area contributed by atoms with E-state index >= 15 is 0 Å². The lowest BCUT2D eigenvalue weighted by atomic mass is 9.77. The van der Waals surface area contributed by atoms with Crippen molar-refractivity contribution in [2.24, 2.45) is 0 Å². The zero-order valence-electron chi connectivity index (χ0n) is 23.8. The molecule has 8 nitrogen and oxygen atoms in total. The summed E-state index contributed by atoms with van der Waals surface area (Å²) in [5, 5.41) is 6.39. The lowest BCUT2D eigenvalue weighted by molar-refractivity contribution is -0.105. The summed E-state index contributed by atoms with van der Waals surface area (Å²) in [5.41, 5.74) is 5.09. The molecule has 0 saturated heterocycles. The number of nitrogens with one attached hydrogen (secondary N) is 2. The largest absolute Gasteiger partial charge is 0.449 e. The Morgan fingerprint density at radius 1 is 1.27 bits per heavy atom. The van der Waals surface area contributed by atoms with Gasteiger partial charge >= 0.3 is 5.97 Å². The molecule has 1 aliphatic heterocycles. The molecule has 1 aliphatic carbocycles. The molecule has 1 aromatic carbocycles. The van der Waals surface area contributed by atoms with Crippen molar-refractivity contribution in [2.45, 2.75) is 65.0 Å². The molecule has 1 amide bonds. The predicted octanol–water partition coefficient (Wildman–Crippen LogP) is 5.25. The molecule has 0 radical (unpaired) electrons. The summed E-state index contributed by atoms with van der Waals surface area (Å²) < 4.78 is 5.89. The summed E-state index contributed by atoms with van der Waals surface area (Å²) in [6.07, 6.45) is 7.30. The van der Waals surface area contributed by atoms with Gasteiger partial charge < -0.3 is 20.3 Å². The second-order valence-corrected chi connectivity index (χ2v) is 10.9. The number of hydrogen-bond donors (Lipinski definition) is 2. The van der Waals surface area contributed by atoms with Gasteiger partial charge in [0.2, 0.25) is 0 Å². The number of carbonyl (C=O) groups excluding carboxylic acids is 3. The molecule has 1 saturated carbocycles. The summed E-state index contributed by atoms with van der Waals surface area (Å²) in [6.45, 7) is 8.60. The number of nitrogens with zero attached hydrogens (tertiary/aromatic N) is 2. The van der Waals surface area contributed by atoms with Gasteiger partial charge in [0.05, 0.1) is 0 Å². The van der Waals surface area contributed by atoms with Gasteiger partial charge in [0.15, 0.2) is 5.69 Å². The molecule has 2 heterocycles. The molecule has 2 aliphatic rings. The van der Waals surface area contributed by atoms with Crippen molar-refractivity contribution in [1.82, 2.24) is 15.6 Å². The maximum atomic E-state index is 13.3. The number of ether oxygens (including phenoxy) is 1. The molecule has 9 heteroatoms. The number of benzene rings is 1. The minimum Gasteiger partial charge on any atom is -0.449 e. The van der Waals surface area contributed by atoms with Crippen LogP contribution in [0, 0.1) is 6.92 Å². The maximum absolute atomic E-state index is 13.3. The average Bonchev–Trinajstić information content (AvgIpc) is 3.22. The number of fused-ring (bicyclic) bond motifs is 2. The number of rotatable bonds is 9. The minimum absolute atomic E-state index is 0.111. The Bertz CT molecular complexity index is 1380. The van der Waals surface area contributed by atoms with Crippen LogP contribution in [-0.2, 0) is 15.1 Å². The molecule has 212 valence electrons. The highest BCUT2D eigenvalue weighted by molar-refractivity contribution is 6.31. The number of hydrogen-bond acceptors (Lipinski definition) is 7. The number of pyridine rings is 1. The molecule has 4 rings (SSSR count). The van der Waals surface area contributed by atoms with Gasteiger partial charge in [0.1, 0.15) is 11.9 Å². The Morgan fingerprint density at radius 2 is 2.00 bits per heavy atom. The van der Waals surface area contributed by atoms with Crippen LogP contribution >= 0.6 is 11.6 Å². The molecule has 40 heavy (non-hydrogen) atoms. The third-order valence-electron chi connectivity index (χ3n) is 8.14. The normalized spacial score (nSPS) is 20.9. The molecule has 0 bridgehead atoms. The van der Waals surface area contributed by atoms with Gasteiger partial charge in [-0.2, -0.15) is 0 Å². The number of amides is 1. The van der Waals surface area contributed by atoms with Crippen molar-refractivity contribution in [3.8, 4) is 0 Å². The average molecular weight is 565 g/mol. The summed E-state index contributed by atoms with van der Waals surface area (Å²) >= 11 is 6.54. The number of aromatic nitrogens is 1. The van der Waals surface area contributed by atoms with Crippen LogP contribution in [0.3, 0.4) is 0 Å². The molecule has 2 N–H and O–H groups in total. The van der Waals surface area contributed by atoms with Crippen LogP contribution in [0.15, 0.2) is 53.4 Å². The molecular weight excluding hydrogens is 528 g/mol. The lowest BCUT2D eigenvalue weighted by Crippen LogP contribution is -2.43. The van der Waals surface area contributed by atoms with E-state index in [4.69, 9.17) is 16.3 Å². The third kappa shape index (κ3) is 5.77. The van der Waals surface area contributed by atoms with E-state index < -0.39 is 5.60 Å². The van der Waals surface area contributed by atoms with E-state index in [1.165, 1.54) is 0 Å². The van der Waals surface area contributed by atoms with Gasteiger partial charge in [0.25, 0.3) is 5.91 Å². The first-order chi connectivity index (χ1) is 19.1. The molecule has 2 aromatic rings. The van der Waals surface area contributed by atoms with E-state index in [0.717, 1.165) is 53.8 Å². The summed E-state index contributed by atoms with van der Waals surface area (Å²) in [7, 11) is 1.81. The van der Waals surface area contributed by atoms with E-state index in [-0.39, 0.29) is 24.5 Å². The Kier molecular flexibility index (Phi) is 8.98. The van der Waals surface area contributed by atoms with Crippen molar-refractivity contribution >= 4 is 35.5 Å². The second kappa shape index (κ2) is 12.3. The Balaban J connectivity index is 1.52. The van der Waals surface area contributed by atoms with Crippen molar-refractivity contribution in [2.75, 3.05) is 25.0 Å². The highest BCUT2D eigenvalue weighted by atomic mass is 35.5. The SMILES string of the molecule is CCN(c1cc(Cl)cc(C(=O)NC/C(C=O)=C(C)/C=C(/C)NC)c1C)C1CCC2(CC1)OC(=O)c1ncccc12. The zero-order chi connectivity index (χ0) is 29.0. The first kappa shape index (κ1) is 29.3. The van der Waals surface area contributed by atoms with Crippen molar-refractivity contribution in [3.05, 3.63) is 80.8 Å². The highest BCUT2D eigenvalue weighted by Crippen LogP contribution is 2.47. The molecule has 1 fully saturated rings. The van der Waals surface area contributed by atoms with E-state index in [2.05, 4.69) is 27.4 Å². The topological polar surface area (TPSA) is 101 Å². The van der Waals surface area contributed by atoms with Crippen LogP contribution in [0.25, 0.3) is 0 Å². The van der Waals surface area contributed by atoms with Gasteiger partial charge in [-0.25, -0.2) is 9.78 Å².